The predicted octanol–water partition coefficient (Wildman–Crippen LogP) is 5.98. The largest absolute Gasteiger partial charge is 0.481 e. The van der Waals surface area contributed by atoms with Gasteiger partial charge < -0.3 is 15.7 Å². The molecule has 184 valence electrons. The standard InChI is InChI=1S/C26H29N3O4S2/c1-15(2)17-7-5-6-10-20(17)28-23(30)14-34-26-29-21-12-11-16(13-22(21)35-26)27-24(31)18-8-3-4-9-19(18)25(32)33/h5-7,10-13,15,18-19H,3-4,8-9,14H2,1-2H3,(H,27,31)(H,28,30)(H,32,33)/t18-,19+/m1/s1. The van der Waals surface area contributed by atoms with E-state index < -0.39 is 17.8 Å². The maximum Gasteiger partial charge on any atom is 0.307 e. The summed E-state index contributed by atoms with van der Waals surface area (Å²) in [5.41, 5.74) is 3.35. The van der Waals surface area contributed by atoms with E-state index in [1.54, 1.807) is 6.07 Å². The molecule has 1 saturated carbocycles. The number of rotatable bonds is 8. The second kappa shape index (κ2) is 11.2. The monoisotopic (exact) mass is 511 g/mol. The third-order valence-electron chi connectivity index (χ3n) is 6.24. The molecule has 0 bridgehead atoms. The molecule has 1 heterocycles. The molecule has 0 saturated heterocycles. The average molecular weight is 512 g/mol. The van der Waals surface area contributed by atoms with Crippen LogP contribution in [0.25, 0.3) is 10.2 Å². The zero-order chi connectivity index (χ0) is 24.9. The summed E-state index contributed by atoms with van der Waals surface area (Å²) in [4.78, 5) is 41.4. The van der Waals surface area contributed by atoms with E-state index in [0.717, 1.165) is 38.6 Å². The fourth-order valence-corrected chi connectivity index (χ4v) is 6.35. The maximum atomic E-state index is 12.8. The highest BCUT2D eigenvalue weighted by Crippen LogP contribution is 2.34. The van der Waals surface area contributed by atoms with Crippen molar-refractivity contribution in [3.8, 4) is 0 Å². The first-order valence-electron chi connectivity index (χ1n) is 11.8. The number of carbonyl (C=O) groups excluding carboxylic acids is 2. The van der Waals surface area contributed by atoms with Gasteiger partial charge in [0.1, 0.15) is 0 Å². The Morgan fingerprint density at radius 2 is 1.83 bits per heavy atom. The molecular weight excluding hydrogens is 482 g/mol. The van der Waals surface area contributed by atoms with Crippen molar-refractivity contribution >= 4 is 62.5 Å². The van der Waals surface area contributed by atoms with Gasteiger partial charge in [-0.2, -0.15) is 0 Å². The average Bonchev–Trinajstić information content (AvgIpc) is 3.25. The number of aromatic nitrogens is 1. The van der Waals surface area contributed by atoms with Gasteiger partial charge in [-0.3, -0.25) is 14.4 Å². The molecule has 0 spiro atoms. The summed E-state index contributed by atoms with van der Waals surface area (Å²) in [5.74, 6) is -1.81. The minimum absolute atomic E-state index is 0.0872. The van der Waals surface area contributed by atoms with Crippen molar-refractivity contribution in [1.29, 1.82) is 0 Å². The number of nitrogens with one attached hydrogen (secondary N) is 2. The SMILES string of the molecule is CC(C)c1ccccc1NC(=O)CSc1nc2ccc(NC(=O)[C@@H]3CCCC[C@@H]3C(=O)O)cc2s1. The van der Waals surface area contributed by atoms with Crippen LogP contribution in [0.2, 0.25) is 0 Å². The normalized spacial score (nSPS) is 17.9. The predicted molar refractivity (Wildman–Crippen MR) is 141 cm³/mol. The van der Waals surface area contributed by atoms with Crippen LogP contribution in [0.5, 0.6) is 0 Å². The van der Waals surface area contributed by atoms with E-state index in [1.165, 1.54) is 23.1 Å². The molecule has 2 atom stereocenters. The van der Waals surface area contributed by atoms with Gasteiger partial charge in [0, 0.05) is 11.4 Å². The molecular formula is C26H29N3O4S2. The van der Waals surface area contributed by atoms with Crippen LogP contribution in [-0.2, 0) is 14.4 Å². The Morgan fingerprint density at radius 1 is 1.09 bits per heavy atom. The van der Waals surface area contributed by atoms with Crippen LogP contribution in [-0.4, -0.2) is 33.6 Å². The number of hydrogen-bond acceptors (Lipinski definition) is 6. The molecule has 3 aromatic rings. The van der Waals surface area contributed by atoms with Gasteiger partial charge in [-0.1, -0.05) is 56.7 Å². The highest BCUT2D eigenvalue weighted by molar-refractivity contribution is 8.01. The second-order valence-corrected chi connectivity index (χ2v) is 11.3. The first-order chi connectivity index (χ1) is 16.8. The lowest BCUT2D eigenvalue weighted by molar-refractivity contribution is -0.147. The van der Waals surface area contributed by atoms with E-state index in [2.05, 4.69) is 29.5 Å². The fraction of sp³-hybridized carbons (Fsp3) is 0.385. The molecule has 2 aromatic carbocycles. The van der Waals surface area contributed by atoms with Gasteiger partial charge in [-0.25, -0.2) is 4.98 Å². The van der Waals surface area contributed by atoms with Crippen molar-refractivity contribution in [2.24, 2.45) is 11.8 Å². The van der Waals surface area contributed by atoms with Crippen LogP contribution < -0.4 is 10.6 Å². The number of fused-ring (bicyclic) bond motifs is 1. The summed E-state index contributed by atoms with van der Waals surface area (Å²) >= 11 is 2.84. The number of para-hydroxylation sites is 1. The highest BCUT2D eigenvalue weighted by atomic mass is 32.2. The number of carboxylic acids is 1. The van der Waals surface area contributed by atoms with Crippen LogP contribution >= 0.6 is 23.1 Å². The first kappa shape index (κ1) is 25.2. The quantitative estimate of drug-likeness (QED) is 0.321. The van der Waals surface area contributed by atoms with Crippen molar-refractivity contribution < 1.29 is 19.5 Å². The number of benzene rings is 2. The van der Waals surface area contributed by atoms with Gasteiger partial charge in [0.2, 0.25) is 11.8 Å². The zero-order valence-electron chi connectivity index (χ0n) is 19.7. The molecule has 1 aliphatic rings. The van der Waals surface area contributed by atoms with E-state index in [4.69, 9.17) is 0 Å². The summed E-state index contributed by atoms with van der Waals surface area (Å²) in [5, 5.41) is 15.4. The smallest absolute Gasteiger partial charge is 0.307 e. The Hall–Kier alpha value is -2.91. The minimum atomic E-state index is -0.902. The van der Waals surface area contributed by atoms with Crippen LogP contribution in [0.4, 0.5) is 11.4 Å². The van der Waals surface area contributed by atoms with Gasteiger partial charge in [-0.15, -0.1) is 11.3 Å². The van der Waals surface area contributed by atoms with Crippen LogP contribution in [0.1, 0.15) is 51.0 Å². The molecule has 4 rings (SSSR count). The molecule has 0 aliphatic heterocycles. The summed E-state index contributed by atoms with van der Waals surface area (Å²) in [7, 11) is 0. The number of nitrogens with zero attached hydrogens (tertiary/aromatic N) is 1. The number of anilines is 2. The van der Waals surface area contributed by atoms with Crippen molar-refractivity contribution in [2.75, 3.05) is 16.4 Å². The maximum absolute atomic E-state index is 12.8. The number of thiazole rings is 1. The van der Waals surface area contributed by atoms with E-state index in [0.29, 0.717) is 24.4 Å². The number of hydrogen-bond donors (Lipinski definition) is 3. The molecule has 7 nitrogen and oxygen atoms in total. The molecule has 1 aliphatic carbocycles. The van der Waals surface area contributed by atoms with Gasteiger partial charge >= 0.3 is 5.97 Å². The minimum Gasteiger partial charge on any atom is -0.481 e. The summed E-state index contributed by atoms with van der Waals surface area (Å²) in [6.45, 7) is 4.19. The fourth-order valence-electron chi connectivity index (χ4n) is 4.45. The Bertz CT molecular complexity index is 1240. The zero-order valence-corrected chi connectivity index (χ0v) is 21.4. The number of carboxylic acid groups (broad SMARTS) is 1. The van der Waals surface area contributed by atoms with Crippen molar-refractivity contribution in [3.05, 3.63) is 48.0 Å². The molecule has 0 radical (unpaired) electrons. The van der Waals surface area contributed by atoms with Crippen molar-refractivity contribution in [3.63, 3.8) is 0 Å². The third kappa shape index (κ3) is 6.21. The van der Waals surface area contributed by atoms with E-state index in [9.17, 15) is 19.5 Å². The van der Waals surface area contributed by atoms with Crippen LogP contribution in [0.15, 0.2) is 46.8 Å². The summed E-state index contributed by atoms with van der Waals surface area (Å²) < 4.78 is 1.67. The van der Waals surface area contributed by atoms with Gasteiger partial charge in [-0.05, 0) is 48.6 Å². The highest BCUT2D eigenvalue weighted by Gasteiger charge is 2.35. The molecule has 1 aromatic heterocycles. The summed E-state index contributed by atoms with van der Waals surface area (Å²) in [6.07, 6.45) is 2.85. The lowest BCUT2D eigenvalue weighted by atomic mass is 9.78. The Balaban J connectivity index is 1.38. The Labute approximate surface area is 212 Å². The van der Waals surface area contributed by atoms with Crippen molar-refractivity contribution in [1.82, 2.24) is 4.98 Å². The molecule has 1 fully saturated rings. The summed E-state index contributed by atoms with van der Waals surface area (Å²) in [6, 6.07) is 13.3. The number of thioether (sulfide) groups is 1. The Kier molecular flexibility index (Phi) is 8.07. The Morgan fingerprint density at radius 3 is 2.57 bits per heavy atom. The van der Waals surface area contributed by atoms with Crippen molar-refractivity contribution in [2.45, 2.75) is 49.8 Å². The lowest BCUT2D eigenvalue weighted by Crippen LogP contribution is -2.36. The topological polar surface area (TPSA) is 108 Å². The van der Waals surface area contributed by atoms with Crippen LogP contribution in [0.3, 0.4) is 0 Å². The lowest BCUT2D eigenvalue weighted by Gasteiger charge is -2.27. The van der Waals surface area contributed by atoms with Gasteiger partial charge in [0.05, 0.1) is 27.8 Å². The van der Waals surface area contributed by atoms with E-state index in [1.807, 2.05) is 36.4 Å². The van der Waals surface area contributed by atoms with Gasteiger partial charge in [0.25, 0.3) is 0 Å². The molecule has 3 N–H and O–H groups in total. The first-order valence-corrected chi connectivity index (χ1v) is 13.6. The van der Waals surface area contributed by atoms with E-state index in [-0.39, 0.29) is 17.6 Å². The molecule has 2 amide bonds. The second-order valence-electron chi connectivity index (χ2n) is 9.07. The van der Waals surface area contributed by atoms with Crippen LogP contribution in [0, 0.1) is 11.8 Å². The molecule has 9 heteroatoms. The number of aliphatic carboxylic acids is 1. The third-order valence-corrected chi connectivity index (χ3v) is 8.40. The van der Waals surface area contributed by atoms with Gasteiger partial charge in [0.15, 0.2) is 4.34 Å². The number of amides is 2. The molecule has 35 heavy (non-hydrogen) atoms. The number of carbonyl (C=O) groups is 3. The molecule has 0 unspecified atom stereocenters. The van der Waals surface area contributed by atoms with E-state index >= 15 is 0 Å².